The molecule has 170 valence electrons. The molecule has 0 saturated carbocycles. The van der Waals surface area contributed by atoms with E-state index in [1.54, 1.807) is 7.11 Å². The summed E-state index contributed by atoms with van der Waals surface area (Å²) in [5.74, 6) is 1.99. The van der Waals surface area contributed by atoms with Gasteiger partial charge in [-0.1, -0.05) is 6.07 Å². The van der Waals surface area contributed by atoms with E-state index in [2.05, 4.69) is 31.2 Å². The number of halogens is 1. The average molecular weight is 533 g/mol. The summed E-state index contributed by atoms with van der Waals surface area (Å²) in [6.45, 7) is 7.44. The zero-order valence-electron chi connectivity index (χ0n) is 18.2. The lowest BCUT2D eigenvalue weighted by Gasteiger charge is -2.34. The molecule has 1 N–H and O–H groups in total. The first-order valence-electron chi connectivity index (χ1n) is 10.6. The predicted molar refractivity (Wildman–Crippen MR) is 130 cm³/mol. The second-order valence-electron chi connectivity index (χ2n) is 7.39. The second kappa shape index (κ2) is 14.0. The van der Waals surface area contributed by atoms with Gasteiger partial charge in [-0.15, -0.1) is 24.0 Å². The number of hydrogen-bond donors (Lipinski definition) is 1. The minimum Gasteiger partial charge on any atom is -0.385 e. The molecular weight excluding hydrogens is 497 g/mol. The Bertz CT molecular complexity index is 635. The number of aromatic nitrogens is 1. The maximum atomic E-state index is 5.97. The highest BCUT2D eigenvalue weighted by atomic mass is 127. The first-order chi connectivity index (χ1) is 14.3. The van der Waals surface area contributed by atoms with Crippen LogP contribution in [0.25, 0.3) is 0 Å². The van der Waals surface area contributed by atoms with Crippen molar-refractivity contribution >= 4 is 35.8 Å². The molecule has 0 spiro atoms. The normalized spacial score (nSPS) is 18.3. The predicted octanol–water partition coefficient (Wildman–Crippen LogP) is 2.13. The summed E-state index contributed by atoms with van der Waals surface area (Å²) in [6, 6.07) is 4.13. The minimum absolute atomic E-state index is 0. The van der Waals surface area contributed by atoms with Gasteiger partial charge in [-0.05, 0) is 25.3 Å². The Labute approximate surface area is 197 Å². The number of rotatable bonds is 8. The number of hydrogen-bond acceptors (Lipinski definition) is 6. The molecule has 0 amide bonds. The Balaban J connectivity index is 0.00000320. The number of pyridine rings is 1. The molecule has 0 aromatic carbocycles. The van der Waals surface area contributed by atoms with Crippen LogP contribution in [0.3, 0.4) is 0 Å². The van der Waals surface area contributed by atoms with Gasteiger partial charge in [0, 0.05) is 71.9 Å². The van der Waals surface area contributed by atoms with E-state index in [9.17, 15) is 0 Å². The van der Waals surface area contributed by atoms with Gasteiger partial charge in [0.15, 0.2) is 5.96 Å². The van der Waals surface area contributed by atoms with Crippen LogP contribution in [0.1, 0.15) is 24.8 Å². The van der Waals surface area contributed by atoms with Gasteiger partial charge >= 0.3 is 0 Å². The number of nitrogens with zero attached hydrogens (tertiary/aromatic N) is 4. The third kappa shape index (κ3) is 7.51. The highest BCUT2D eigenvalue weighted by molar-refractivity contribution is 14.0. The van der Waals surface area contributed by atoms with E-state index in [4.69, 9.17) is 14.2 Å². The summed E-state index contributed by atoms with van der Waals surface area (Å²) < 4.78 is 16.5. The molecule has 0 atom stereocenters. The maximum absolute atomic E-state index is 5.97. The van der Waals surface area contributed by atoms with Crippen LogP contribution in [-0.2, 0) is 20.8 Å². The molecule has 1 aromatic rings. The van der Waals surface area contributed by atoms with Gasteiger partial charge in [-0.3, -0.25) is 4.99 Å². The van der Waals surface area contributed by atoms with Gasteiger partial charge in [0.2, 0.25) is 0 Å². The topological polar surface area (TPSA) is 71.5 Å². The van der Waals surface area contributed by atoms with Crippen LogP contribution in [-0.4, -0.2) is 88.7 Å². The van der Waals surface area contributed by atoms with Crippen molar-refractivity contribution in [1.82, 2.24) is 15.2 Å². The lowest BCUT2D eigenvalue weighted by atomic mass is 10.1. The number of guanidine groups is 1. The molecule has 2 saturated heterocycles. The molecular formula is C21H36IN5O3. The van der Waals surface area contributed by atoms with E-state index in [1.165, 1.54) is 5.56 Å². The number of likely N-dealkylation sites (tertiary alicyclic amines) is 1. The number of piperidine rings is 1. The SMILES string of the molecule is CN=C(NCc1cccnc1N1CCOCC1)N1CCC(OCCCOC)CC1.I. The first kappa shape index (κ1) is 25.1. The molecule has 1 aromatic heterocycles. The van der Waals surface area contributed by atoms with Crippen LogP contribution in [0.15, 0.2) is 23.3 Å². The number of aliphatic imine (C=N–C) groups is 1. The fourth-order valence-corrected chi connectivity index (χ4v) is 3.82. The highest BCUT2D eigenvalue weighted by Crippen LogP contribution is 2.19. The Morgan fingerprint density at radius 2 is 2.00 bits per heavy atom. The molecule has 0 unspecified atom stereocenters. The summed E-state index contributed by atoms with van der Waals surface area (Å²) in [5.41, 5.74) is 1.19. The Kier molecular flexibility index (Phi) is 11.7. The van der Waals surface area contributed by atoms with Crippen LogP contribution in [0.2, 0.25) is 0 Å². The second-order valence-corrected chi connectivity index (χ2v) is 7.39. The molecule has 30 heavy (non-hydrogen) atoms. The van der Waals surface area contributed by atoms with Crippen LogP contribution in [0, 0.1) is 0 Å². The van der Waals surface area contributed by atoms with Gasteiger partial charge in [0.25, 0.3) is 0 Å². The van der Waals surface area contributed by atoms with Crippen molar-refractivity contribution in [2.75, 3.05) is 71.7 Å². The van der Waals surface area contributed by atoms with Gasteiger partial charge in [0.1, 0.15) is 5.82 Å². The molecule has 2 aliphatic heterocycles. The average Bonchev–Trinajstić information content (AvgIpc) is 2.79. The lowest BCUT2D eigenvalue weighted by Crippen LogP contribution is -2.47. The van der Waals surface area contributed by atoms with Gasteiger partial charge in [-0.2, -0.15) is 0 Å². The molecule has 0 aliphatic carbocycles. The Morgan fingerprint density at radius 1 is 1.23 bits per heavy atom. The van der Waals surface area contributed by atoms with Crippen molar-refractivity contribution in [1.29, 1.82) is 0 Å². The van der Waals surface area contributed by atoms with E-state index in [-0.39, 0.29) is 24.0 Å². The van der Waals surface area contributed by atoms with Crippen molar-refractivity contribution in [3.63, 3.8) is 0 Å². The lowest BCUT2D eigenvalue weighted by molar-refractivity contribution is 0.00989. The maximum Gasteiger partial charge on any atom is 0.193 e. The zero-order chi connectivity index (χ0) is 20.3. The summed E-state index contributed by atoms with van der Waals surface area (Å²) in [5, 5.41) is 3.53. The van der Waals surface area contributed by atoms with Gasteiger partial charge in [0.05, 0.1) is 19.3 Å². The molecule has 0 radical (unpaired) electrons. The molecule has 2 fully saturated rings. The van der Waals surface area contributed by atoms with E-state index in [1.807, 2.05) is 19.3 Å². The molecule has 9 heteroatoms. The number of anilines is 1. The van der Waals surface area contributed by atoms with E-state index >= 15 is 0 Å². The van der Waals surface area contributed by atoms with Crippen molar-refractivity contribution in [3.8, 4) is 0 Å². The van der Waals surface area contributed by atoms with Crippen LogP contribution >= 0.6 is 24.0 Å². The summed E-state index contributed by atoms with van der Waals surface area (Å²) >= 11 is 0. The van der Waals surface area contributed by atoms with Crippen LogP contribution in [0.4, 0.5) is 5.82 Å². The van der Waals surface area contributed by atoms with Crippen molar-refractivity contribution in [2.24, 2.45) is 4.99 Å². The highest BCUT2D eigenvalue weighted by Gasteiger charge is 2.22. The molecule has 3 heterocycles. The largest absolute Gasteiger partial charge is 0.385 e. The molecule has 3 rings (SSSR count). The standard InChI is InChI=1S/C21H35N5O3.HI/c1-22-21(26-9-6-19(7-10-26)29-14-4-13-27-2)24-17-18-5-3-8-23-20(18)25-11-15-28-16-12-25;/h3,5,8,19H,4,6-7,9-17H2,1-2H3,(H,22,24);1H. The fourth-order valence-electron chi connectivity index (χ4n) is 3.82. The van der Waals surface area contributed by atoms with E-state index < -0.39 is 0 Å². The van der Waals surface area contributed by atoms with E-state index in [0.29, 0.717) is 12.6 Å². The monoisotopic (exact) mass is 533 g/mol. The minimum atomic E-state index is 0. The number of methoxy groups -OCH3 is 1. The summed E-state index contributed by atoms with van der Waals surface area (Å²) in [4.78, 5) is 13.7. The molecule has 0 bridgehead atoms. The third-order valence-corrected chi connectivity index (χ3v) is 5.41. The molecule has 2 aliphatic rings. The van der Waals surface area contributed by atoms with Crippen LogP contribution in [0.5, 0.6) is 0 Å². The third-order valence-electron chi connectivity index (χ3n) is 5.41. The van der Waals surface area contributed by atoms with Gasteiger partial charge in [-0.25, -0.2) is 4.98 Å². The Morgan fingerprint density at radius 3 is 2.70 bits per heavy atom. The molecule has 8 nitrogen and oxygen atoms in total. The fraction of sp³-hybridized carbons (Fsp3) is 0.714. The van der Waals surface area contributed by atoms with E-state index in [0.717, 1.165) is 83.6 Å². The first-order valence-corrected chi connectivity index (χ1v) is 10.6. The summed E-state index contributed by atoms with van der Waals surface area (Å²) in [7, 11) is 3.58. The van der Waals surface area contributed by atoms with Crippen molar-refractivity contribution in [2.45, 2.75) is 31.9 Å². The van der Waals surface area contributed by atoms with Crippen molar-refractivity contribution < 1.29 is 14.2 Å². The zero-order valence-corrected chi connectivity index (χ0v) is 20.5. The summed E-state index contributed by atoms with van der Waals surface area (Å²) in [6.07, 6.45) is 5.21. The van der Waals surface area contributed by atoms with Crippen molar-refractivity contribution in [3.05, 3.63) is 23.9 Å². The number of nitrogens with one attached hydrogen (secondary N) is 1. The number of morpholine rings is 1. The smallest absolute Gasteiger partial charge is 0.193 e. The van der Waals surface area contributed by atoms with Crippen LogP contribution < -0.4 is 10.2 Å². The quantitative estimate of drug-likeness (QED) is 0.238. The number of ether oxygens (including phenoxy) is 3. The Hall–Kier alpha value is -1.17. The van der Waals surface area contributed by atoms with Gasteiger partial charge < -0.3 is 29.3 Å².